The third-order valence-corrected chi connectivity index (χ3v) is 6.19. The van der Waals surface area contributed by atoms with Crippen LogP contribution in [0.25, 0.3) is 0 Å². The average Bonchev–Trinajstić information content (AvgIpc) is 2.95. The molecule has 0 bridgehead atoms. The fourth-order valence-corrected chi connectivity index (χ4v) is 4.54. The first-order valence-corrected chi connectivity index (χ1v) is 11.4. The van der Waals surface area contributed by atoms with Crippen molar-refractivity contribution in [2.45, 2.75) is 83.7 Å². The lowest BCUT2D eigenvalue weighted by Gasteiger charge is -2.35. The summed E-state index contributed by atoms with van der Waals surface area (Å²) in [4.78, 5) is 7.01. The van der Waals surface area contributed by atoms with Crippen LogP contribution in [0.2, 0.25) is 0 Å². The largest absolute Gasteiger partial charge is 0.356 e. The molecule has 28 heavy (non-hydrogen) atoms. The number of likely N-dealkylation sites (tertiary alicyclic amines) is 1. The molecule has 0 aliphatic carbocycles. The molecule has 1 atom stereocenters. The number of aryl methyl sites for hydroxylation is 2. The van der Waals surface area contributed by atoms with Crippen LogP contribution in [0.3, 0.4) is 0 Å². The number of nitrogens with zero attached hydrogens (tertiary/aromatic N) is 5. The smallest absolute Gasteiger partial charge is 0.191 e. The van der Waals surface area contributed by atoms with E-state index >= 15 is 0 Å². The zero-order valence-electron chi connectivity index (χ0n) is 17.9. The molecule has 1 saturated heterocycles. The monoisotopic (exact) mass is 389 g/mol. The molecule has 2 aliphatic rings. The first kappa shape index (κ1) is 21.1. The first-order valence-electron chi connectivity index (χ1n) is 11.4. The lowest BCUT2D eigenvalue weighted by atomic mass is 10.0. The molecule has 2 aliphatic heterocycles. The number of rotatable bonds is 8. The molecule has 2 N–H and O–H groups in total. The summed E-state index contributed by atoms with van der Waals surface area (Å²) in [5.41, 5.74) is 0. The van der Waals surface area contributed by atoms with Crippen LogP contribution in [0.1, 0.15) is 69.9 Å². The van der Waals surface area contributed by atoms with E-state index in [-0.39, 0.29) is 0 Å². The molecule has 1 fully saturated rings. The second kappa shape index (κ2) is 11.4. The molecule has 0 aromatic carbocycles. The highest BCUT2D eigenvalue weighted by atomic mass is 15.3. The van der Waals surface area contributed by atoms with Crippen molar-refractivity contribution in [3.63, 3.8) is 0 Å². The number of nitrogens with one attached hydrogen (secondary N) is 2. The number of aliphatic imine (C=N–C) groups is 1. The molecule has 0 saturated carbocycles. The lowest BCUT2D eigenvalue weighted by molar-refractivity contribution is 0.147. The van der Waals surface area contributed by atoms with Crippen molar-refractivity contribution in [2.75, 3.05) is 33.2 Å². The minimum absolute atomic E-state index is 0.767. The second-order valence-corrected chi connectivity index (χ2v) is 8.12. The van der Waals surface area contributed by atoms with Gasteiger partial charge in [0.25, 0.3) is 0 Å². The second-order valence-electron chi connectivity index (χ2n) is 8.12. The van der Waals surface area contributed by atoms with Gasteiger partial charge in [-0.15, -0.1) is 10.2 Å². The van der Waals surface area contributed by atoms with E-state index in [0.29, 0.717) is 0 Å². The third kappa shape index (κ3) is 5.93. The Morgan fingerprint density at radius 2 is 1.93 bits per heavy atom. The molecule has 3 heterocycles. The normalized spacial score (nSPS) is 21.2. The Hall–Kier alpha value is -1.63. The topological polar surface area (TPSA) is 70.4 Å². The quantitative estimate of drug-likeness (QED) is 0.406. The minimum Gasteiger partial charge on any atom is -0.356 e. The van der Waals surface area contributed by atoms with Crippen LogP contribution in [0, 0.1) is 0 Å². The summed E-state index contributed by atoms with van der Waals surface area (Å²) >= 11 is 0. The summed E-state index contributed by atoms with van der Waals surface area (Å²) in [6.45, 7) is 7.60. The van der Waals surface area contributed by atoms with Crippen LogP contribution in [-0.2, 0) is 19.4 Å². The molecule has 3 rings (SSSR count). The van der Waals surface area contributed by atoms with Crippen molar-refractivity contribution < 1.29 is 0 Å². The molecule has 158 valence electrons. The third-order valence-electron chi connectivity index (χ3n) is 6.19. The number of aromatic nitrogens is 3. The highest BCUT2D eigenvalue weighted by molar-refractivity contribution is 5.79. The molecular formula is C21H39N7. The Kier molecular flexibility index (Phi) is 8.58. The van der Waals surface area contributed by atoms with Gasteiger partial charge in [0.05, 0.1) is 0 Å². The van der Waals surface area contributed by atoms with Crippen LogP contribution < -0.4 is 10.6 Å². The van der Waals surface area contributed by atoms with E-state index in [1.807, 2.05) is 7.05 Å². The highest BCUT2D eigenvalue weighted by Gasteiger charge is 2.20. The fraction of sp³-hybridized carbons (Fsp3) is 0.857. The Labute approximate surface area is 170 Å². The van der Waals surface area contributed by atoms with Crippen molar-refractivity contribution in [1.29, 1.82) is 0 Å². The van der Waals surface area contributed by atoms with Gasteiger partial charge in [0.2, 0.25) is 0 Å². The van der Waals surface area contributed by atoms with E-state index in [2.05, 4.69) is 42.2 Å². The van der Waals surface area contributed by atoms with Gasteiger partial charge in [0.15, 0.2) is 5.96 Å². The van der Waals surface area contributed by atoms with E-state index in [1.54, 1.807) is 0 Å². The molecule has 0 amide bonds. The van der Waals surface area contributed by atoms with Crippen LogP contribution >= 0.6 is 0 Å². The maximum Gasteiger partial charge on any atom is 0.191 e. The van der Waals surface area contributed by atoms with Gasteiger partial charge in [0, 0.05) is 52.1 Å². The number of fused-ring (bicyclic) bond motifs is 1. The van der Waals surface area contributed by atoms with Gasteiger partial charge in [-0.25, -0.2) is 0 Å². The average molecular weight is 390 g/mol. The summed E-state index contributed by atoms with van der Waals surface area (Å²) in [6.07, 6.45) is 12.3. The van der Waals surface area contributed by atoms with Gasteiger partial charge in [0.1, 0.15) is 11.6 Å². The van der Waals surface area contributed by atoms with Crippen LogP contribution in [0.15, 0.2) is 4.99 Å². The zero-order valence-corrected chi connectivity index (χ0v) is 17.9. The van der Waals surface area contributed by atoms with Gasteiger partial charge in [-0.3, -0.25) is 9.89 Å². The van der Waals surface area contributed by atoms with E-state index < -0.39 is 0 Å². The molecule has 7 nitrogen and oxygen atoms in total. The standard InChI is InChI=1S/C21H39N7/c1-3-18-10-6-8-15-27(18)17-14-24-21(22-2)23-13-9-12-20-26-25-19-11-5-4-7-16-28(19)20/h18H,3-17H2,1-2H3,(H2,22,23,24). The highest BCUT2D eigenvalue weighted by Crippen LogP contribution is 2.18. The van der Waals surface area contributed by atoms with Gasteiger partial charge in [-0.05, 0) is 45.1 Å². The summed E-state index contributed by atoms with van der Waals surface area (Å²) < 4.78 is 2.35. The molecule has 0 spiro atoms. The Morgan fingerprint density at radius 3 is 2.79 bits per heavy atom. The van der Waals surface area contributed by atoms with Crippen LogP contribution in [0.5, 0.6) is 0 Å². The van der Waals surface area contributed by atoms with Crippen molar-refractivity contribution in [3.05, 3.63) is 11.6 Å². The number of hydrogen-bond acceptors (Lipinski definition) is 4. The van der Waals surface area contributed by atoms with Gasteiger partial charge >= 0.3 is 0 Å². The summed E-state index contributed by atoms with van der Waals surface area (Å²) in [5.74, 6) is 3.24. The van der Waals surface area contributed by atoms with Crippen LogP contribution in [0.4, 0.5) is 0 Å². The molecular weight excluding hydrogens is 350 g/mol. The van der Waals surface area contributed by atoms with E-state index in [4.69, 9.17) is 0 Å². The number of guanidine groups is 1. The SMILES string of the molecule is CCC1CCCCN1CCNC(=NC)NCCCc1nnc2n1CCCCC2. The van der Waals surface area contributed by atoms with Crippen molar-refractivity contribution in [2.24, 2.45) is 4.99 Å². The van der Waals surface area contributed by atoms with Crippen molar-refractivity contribution in [3.8, 4) is 0 Å². The molecule has 1 unspecified atom stereocenters. The molecule has 7 heteroatoms. The van der Waals surface area contributed by atoms with E-state index in [9.17, 15) is 0 Å². The maximum atomic E-state index is 4.43. The van der Waals surface area contributed by atoms with Crippen molar-refractivity contribution in [1.82, 2.24) is 30.3 Å². The minimum atomic E-state index is 0.767. The maximum absolute atomic E-state index is 4.43. The van der Waals surface area contributed by atoms with Crippen LogP contribution in [-0.4, -0.2) is 64.9 Å². The Morgan fingerprint density at radius 1 is 1.07 bits per heavy atom. The predicted octanol–water partition coefficient (Wildman–Crippen LogP) is 2.37. The molecule has 1 aromatic heterocycles. The fourth-order valence-electron chi connectivity index (χ4n) is 4.54. The summed E-state index contributed by atoms with van der Waals surface area (Å²) in [5, 5.41) is 15.8. The van der Waals surface area contributed by atoms with E-state index in [1.165, 1.54) is 57.3 Å². The van der Waals surface area contributed by atoms with E-state index in [0.717, 1.165) is 63.3 Å². The van der Waals surface area contributed by atoms with Gasteiger partial charge in [-0.1, -0.05) is 19.8 Å². The molecule has 1 aromatic rings. The van der Waals surface area contributed by atoms with Gasteiger partial charge < -0.3 is 15.2 Å². The van der Waals surface area contributed by atoms with Gasteiger partial charge in [-0.2, -0.15) is 0 Å². The number of piperidine rings is 1. The predicted molar refractivity (Wildman–Crippen MR) is 115 cm³/mol. The first-order chi connectivity index (χ1) is 13.8. The Balaban J connectivity index is 1.34. The lowest BCUT2D eigenvalue weighted by Crippen LogP contribution is -2.46. The zero-order chi connectivity index (χ0) is 19.6. The molecule has 0 radical (unpaired) electrons. The summed E-state index contributed by atoms with van der Waals surface area (Å²) in [7, 11) is 1.85. The Bertz CT molecular complexity index is 610. The van der Waals surface area contributed by atoms with Crippen molar-refractivity contribution >= 4 is 5.96 Å². The number of hydrogen-bond donors (Lipinski definition) is 2. The summed E-state index contributed by atoms with van der Waals surface area (Å²) in [6, 6.07) is 0.767.